The minimum absolute atomic E-state index is 0.00577. The van der Waals surface area contributed by atoms with E-state index in [1.165, 1.54) is 16.7 Å². The lowest BCUT2D eigenvalue weighted by molar-refractivity contribution is 0.181. The van der Waals surface area contributed by atoms with Gasteiger partial charge in [-0.25, -0.2) is 13.1 Å². The Labute approximate surface area is 183 Å². The lowest BCUT2D eigenvalue weighted by Crippen LogP contribution is -2.40. The molecule has 158 valence electrons. The van der Waals surface area contributed by atoms with Crippen molar-refractivity contribution >= 4 is 21.4 Å². The van der Waals surface area contributed by atoms with Crippen LogP contribution in [0.2, 0.25) is 0 Å². The largest absolute Gasteiger partial charge is 0.290 e. The third kappa shape index (κ3) is 4.37. The molecule has 30 heavy (non-hydrogen) atoms. The molecule has 0 saturated carbocycles. The van der Waals surface area contributed by atoms with Crippen LogP contribution in [0.5, 0.6) is 0 Å². The van der Waals surface area contributed by atoms with E-state index in [9.17, 15) is 8.42 Å². The van der Waals surface area contributed by atoms with Gasteiger partial charge in [-0.15, -0.1) is 0 Å². The molecule has 0 fully saturated rings. The number of fused-ring (bicyclic) bond motifs is 1. The first-order chi connectivity index (χ1) is 14.3. The van der Waals surface area contributed by atoms with Crippen LogP contribution in [-0.4, -0.2) is 26.4 Å². The van der Waals surface area contributed by atoms with Crippen LogP contribution in [0.3, 0.4) is 0 Å². The SMILES string of the molecule is Cc1cc(C)c(S(=O)(=O)NCC(c2ccsc2)N2CCc3ccccc3C2)cc1C. The number of benzene rings is 2. The second-order valence-electron chi connectivity index (χ2n) is 8.12. The first-order valence-corrected chi connectivity index (χ1v) is 12.7. The van der Waals surface area contributed by atoms with E-state index in [4.69, 9.17) is 0 Å². The van der Waals surface area contributed by atoms with Crippen molar-refractivity contribution in [2.24, 2.45) is 0 Å². The number of hydrogen-bond donors (Lipinski definition) is 1. The van der Waals surface area contributed by atoms with Gasteiger partial charge in [0, 0.05) is 25.7 Å². The highest BCUT2D eigenvalue weighted by molar-refractivity contribution is 7.89. The third-order valence-corrected chi connectivity index (χ3v) is 8.34. The van der Waals surface area contributed by atoms with Crippen molar-refractivity contribution in [3.8, 4) is 0 Å². The Morgan fingerprint density at radius 3 is 2.50 bits per heavy atom. The van der Waals surface area contributed by atoms with Crippen LogP contribution >= 0.6 is 11.3 Å². The van der Waals surface area contributed by atoms with Gasteiger partial charge in [-0.2, -0.15) is 11.3 Å². The lowest BCUT2D eigenvalue weighted by atomic mass is 9.97. The van der Waals surface area contributed by atoms with Gasteiger partial charge in [-0.3, -0.25) is 4.90 Å². The summed E-state index contributed by atoms with van der Waals surface area (Å²) in [6, 6.07) is 14.4. The quantitative estimate of drug-likeness (QED) is 0.602. The van der Waals surface area contributed by atoms with E-state index in [-0.39, 0.29) is 6.04 Å². The summed E-state index contributed by atoms with van der Waals surface area (Å²) in [4.78, 5) is 2.76. The number of aryl methyl sites for hydroxylation is 3. The molecule has 1 aliphatic rings. The number of thiophene rings is 1. The van der Waals surface area contributed by atoms with Crippen LogP contribution in [0, 0.1) is 20.8 Å². The summed E-state index contributed by atoms with van der Waals surface area (Å²) >= 11 is 1.65. The van der Waals surface area contributed by atoms with E-state index in [1.54, 1.807) is 17.4 Å². The zero-order chi connectivity index (χ0) is 21.3. The first-order valence-electron chi connectivity index (χ1n) is 10.3. The van der Waals surface area contributed by atoms with Crippen molar-refractivity contribution < 1.29 is 8.42 Å². The van der Waals surface area contributed by atoms with Crippen LogP contribution in [0.15, 0.2) is 58.1 Å². The zero-order valence-electron chi connectivity index (χ0n) is 17.7. The molecular formula is C24H28N2O2S2. The second kappa shape index (κ2) is 8.63. The maximum absolute atomic E-state index is 13.1. The van der Waals surface area contributed by atoms with Crippen LogP contribution in [0.4, 0.5) is 0 Å². The second-order valence-corrected chi connectivity index (χ2v) is 10.6. The summed E-state index contributed by atoms with van der Waals surface area (Å²) in [5, 5.41) is 4.18. The molecule has 0 saturated heterocycles. The van der Waals surface area contributed by atoms with Crippen molar-refractivity contribution in [1.82, 2.24) is 9.62 Å². The monoisotopic (exact) mass is 440 g/mol. The average Bonchev–Trinajstić information content (AvgIpc) is 3.25. The summed E-state index contributed by atoms with van der Waals surface area (Å²) in [7, 11) is -3.59. The van der Waals surface area contributed by atoms with Gasteiger partial charge in [-0.05, 0) is 83.5 Å². The van der Waals surface area contributed by atoms with Gasteiger partial charge in [-0.1, -0.05) is 30.3 Å². The van der Waals surface area contributed by atoms with Crippen LogP contribution in [0.1, 0.15) is 39.4 Å². The number of rotatable bonds is 6. The maximum atomic E-state index is 13.1. The van der Waals surface area contributed by atoms with Gasteiger partial charge in [0.1, 0.15) is 0 Å². The smallest absolute Gasteiger partial charge is 0.240 e. The van der Waals surface area contributed by atoms with Crippen molar-refractivity contribution in [2.75, 3.05) is 13.1 Å². The Bertz CT molecular complexity index is 1140. The molecular weight excluding hydrogens is 412 g/mol. The Hall–Kier alpha value is -1.99. The fourth-order valence-electron chi connectivity index (χ4n) is 4.20. The van der Waals surface area contributed by atoms with Crippen molar-refractivity contribution in [1.29, 1.82) is 0 Å². The molecule has 4 nitrogen and oxygen atoms in total. The number of hydrogen-bond acceptors (Lipinski definition) is 4. The molecule has 3 aromatic rings. The van der Waals surface area contributed by atoms with E-state index in [1.807, 2.05) is 26.8 Å². The van der Waals surface area contributed by atoms with Crippen molar-refractivity contribution in [3.05, 3.63) is 86.6 Å². The van der Waals surface area contributed by atoms with Gasteiger partial charge < -0.3 is 0 Å². The fourth-order valence-corrected chi connectivity index (χ4v) is 6.25. The molecule has 0 spiro atoms. The van der Waals surface area contributed by atoms with Gasteiger partial charge in [0.15, 0.2) is 0 Å². The molecule has 2 heterocycles. The summed E-state index contributed by atoms with van der Waals surface area (Å²) in [6.07, 6.45) is 0.986. The van der Waals surface area contributed by atoms with Gasteiger partial charge in [0.2, 0.25) is 10.0 Å². The van der Waals surface area contributed by atoms with Gasteiger partial charge in [0.25, 0.3) is 0 Å². The van der Waals surface area contributed by atoms with Crippen LogP contribution in [0.25, 0.3) is 0 Å². The molecule has 0 aliphatic carbocycles. The number of nitrogens with zero attached hydrogens (tertiary/aromatic N) is 1. The number of nitrogens with one attached hydrogen (secondary N) is 1. The summed E-state index contributed by atoms with van der Waals surface area (Å²) in [5.41, 5.74) is 6.77. The fraction of sp³-hybridized carbons (Fsp3) is 0.333. The highest BCUT2D eigenvalue weighted by atomic mass is 32.2. The predicted molar refractivity (Wildman–Crippen MR) is 123 cm³/mol. The molecule has 1 aromatic heterocycles. The van der Waals surface area contributed by atoms with Crippen LogP contribution in [-0.2, 0) is 23.0 Å². The molecule has 1 unspecified atom stereocenters. The molecule has 0 amide bonds. The minimum Gasteiger partial charge on any atom is -0.290 e. The molecule has 0 bridgehead atoms. The molecule has 4 rings (SSSR count). The maximum Gasteiger partial charge on any atom is 0.240 e. The molecule has 1 atom stereocenters. The highest BCUT2D eigenvalue weighted by Crippen LogP contribution is 2.29. The van der Waals surface area contributed by atoms with E-state index >= 15 is 0 Å². The standard InChI is InChI=1S/C24H28N2O2S2/c1-17-12-19(3)24(13-18(17)2)30(27,28)25-14-23(22-9-11-29-16-22)26-10-8-20-6-4-5-7-21(20)15-26/h4-7,9,11-13,16,23,25H,8,10,14-15H2,1-3H3. The minimum atomic E-state index is -3.59. The summed E-state index contributed by atoms with van der Waals surface area (Å²) < 4.78 is 29.2. The highest BCUT2D eigenvalue weighted by Gasteiger charge is 2.27. The van der Waals surface area contributed by atoms with Crippen LogP contribution < -0.4 is 4.72 Å². The average molecular weight is 441 g/mol. The normalized spacial score (nSPS) is 15.7. The molecule has 2 aromatic carbocycles. The van der Waals surface area contributed by atoms with E-state index in [0.29, 0.717) is 11.4 Å². The predicted octanol–water partition coefficient (Wildman–Crippen LogP) is 4.75. The third-order valence-electron chi connectivity index (χ3n) is 6.08. The number of sulfonamides is 1. The van der Waals surface area contributed by atoms with Crippen molar-refractivity contribution in [2.45, 2.75) is 44.7 Å². The summed E-state index contributed by atoms with van der Waals surface area (Å²) in [6.45, 7) is 7.93. The van der Waals surface area contributed by atoms with Gasteiger partial charge >= 0.3 is 0 Å². The molecule has 6 heteroatoms. The van der Waals surface area contributed by atoms with E-state index in [0.717, 1.165) is 36.2 Å². The summed E-state index contributed by atoms with van der Waals surface area (Å²) in [5.74, 6) is 0. The van der Waals surface area contributed by atoms with Crippen molar-refractivity contribution in [3.63, 3.8) is 0 Å². The Kier molecular flexibility index (Phi) is 6.11. The zero-order valence-corrected chi connectivity index (χ0v) is 19.3. The molecule has 1 aliphatic heterocycles. The Balaban J connectivity index is 1.58. The van der Waals surface area contributed by atoms with Gasteiger partial charge in [0.05, 0.1) is 4.90 Å². The van der Waals surface area contributed by atoms with E-state index in [2.05, 4.69) is 50.7 Å². The molecule has 0 radical (unpaired) electrons. The topological polar surface area (TPSA) is 49.4 Å². The Morgan fingerprint density at radius 2 is 1.77 bits per heavy atom. The lowest BCUT2D eigenvalue weighted by Gasteiger charge is -2.35. The van der Waals surface area contributed by atoms with E-state index < -0.39 is 10.0 Å². The first kappa shape index (κ1) is 21.2. The Morgan fingerprint density at radius 1 is 1.03 bits per heavy atom. The molecule has 1 N–H and O–H groups in total.